The zero-order valence-electron chi connectivity index (χ0n) is 9.56. The molecule has 0 fully saturated rings. The van der Waals surface area contributed by atoms with Gasteiger partial charge in [-0.25, -0.2) is 4.98 Å². The highest BCUT2D eigenvalue weighted by Gasteiger charge is 2.13. The number of hydrogen-bond acceptors (Lipinski definition) is 4. The minimum atomic E-state index is -0.248. The Kier molecular flexibility index (Phi) is 3.09. The first-order chi connectivity index (χ1) is 8.22. The molecule has 0 radical (unpaired) electrons. The summed E-state index contributed by atoms with van der Waals surface area (Å²) in [5, 5.41) is 2.72. The van der Waals surface area contributed by atoms with Gasteiger partial charge >= 0.3 is 0 Å². The largest absolute Gasteiger partial charge is 0.480 e. The van der Waals surface area contributed by atoms with Gasteiger partial charge in [0.25, 0.3) is 5.91 Å². The van der Waals surface area contributed by atoms with Crippen LogP contribution in [0.15, 0.2) is 35.1 Å². The van der Waals surface area contributed by atoms with Gasteiger partial charge in [-0.1, -0.05) is 0 Å². The van der Waals surface area contributed by atoms with E-state index < -0.39 is 0 Å². The Hall–Kier alpha value is -2.30. The average molecular weight is 232 g/mol. The summed E-state index contributed by atoms with van der Waals surface area (Å²) in [6, 6.07) is 5.06. The summed E-state index contributed by atoms with van der Waals surface area (Å²) < 4.78 is 10.1. The van der Waals surface area contributed by atoms with Crippen LogP contribution in [-0.4, -0.2) is 18.0 Å². The van der Waals surface area contributed by atoms with E-state index in [1.165, 1.54) is 13.4 Å². The van der Waals surface area contributed by atoms with E-state index in [4.69, 9.17) is 9.15 Å². The molecule has 88 valence electrons. The number of pyridine rings is 1. The van der Waals surface area contributed by atoms with Crippen molar-refractivity contribution in [1.82, 2.24) is 4.98 Å². The van der Waals surface area contributed by atoms with Gasteiger partial charge in [0.15, 0.2) is 0 Å². The Morgan fingerprint density at radius 1 is 1.47 bits per heavy atom. The molecule has 0 aromatic carbocycles. The standard InChI is InChI=1S/C12H12N2O3/c1-8-9(5-7-17-8)11(15)14-10-4-3-6-13-12(10)16-2/h3-7H,1-2H3,(H,14,15). The van der Waals surface area contributed by atoms with Crippen molar-refractivity contribution in [3.8, 4) is 5.88 Å². The highest BCUT2D eigenvalue weighted by molar-refractivity contribution is 6.05. The van der Waals surface area contributed by atoms with E-state index in [1.807, 2.05) is 0 Å². The van der Waals surface area contributed by atoms with Gasteiger partial charge in [-0.2, -0.15) is 0 Å². The molecule has 0 aliphatic carbocycles. The third kappa shape index (κ3) is 2.28. The van der Waals surface area contributed by atoms with Crippen LogP contribution >= 0.6 is 0 Å². The van der Waals surface area contributed by atoms with Gasteiger partial charge in [0.05, 0.1) is 18.9 Å². The Bertz CT molecular complexity index is 534. The van der Waals surface area contributed by atoms with Crippen molar-refractivity contribution in [2.45, 2.75) is 6.92 Å². The lowest BCUT2D eigenvalue weighted by atomic mass is 10.2. The zero-order chi connectivity index (χ0) is 12.3. The quantitative estimate of drug-likeness (QED) is 0.881. The molecule has 0 saturated heterocycles. The molecular weight excluding hydrogens is 220 g/mol. The van der Waals surface area contributed by atoms with Crippen molar-refractivity contribution in [2.24, 2.45) is 0 Å². The number of aryl methyl sites for hydroxylation is 1. The first kappa shape index (κ1) is 11.2. The average Bonchev–Trinajstić information content (AvgIpc) is 2.76. The van der Waals surface area contributed by atoms with Crippen LogP contribution in [0.25, 0.3) is 0 Å². The molecule has 0 atom stereocenters. The number of rotatable bonds is 3. The third-order valence-electron chi connectivity index (χ3n) is 2.32. The predicted molar refractivity (Wildman–Crippen MR) is 62.2 cm³/mol. The highest BCUT2D eigenvalue weighted by Crippen LogP contribution is 2.21. The molecule has 17 heavy (non-hydrogen) atoms. The summed E-state index contributed by atoms with van der Waals surface area (Å²) in [7, 11) is 1.50. The van der Waals surface area contributed by atoms with Gasteiger partial charge in [-0.05, 0) is 25.1 Å². The van der Waals surface area contributed by atoms with Crippen molar-refractivity contribution in [1.29, 1.82) is 0 Å². The monoisotopic (exact) mass is 232 g/mol. The second kappa shape index (κ2) is 4.69. The maximum Gasteiger partial charge on any atom is 0.259 e. The molecule has 0 bridgehead atoms. The molecule has 2 aromatic heterocycles. The Morgan fingerprint density at radius 2 is 2.29 bits per heavy atom. The van der Waals surface area contributed by atoms with E-state index in [0.29, 0.717) is 22.9 Å². The maximum atomic E-state index is 11.9. The Morgan fingerprint density at radius 3 is 2.94 bits per heavy atom. The number of methoxy groups -OCH3 is 1. The van der Waals surface area contributed by atoms with E-state index >= 15 is 0 Å². The van der Waals surface area contributed by atoms with Crippen LogP contribution in [-0.2, 0) is 0 Å². The fraction of sp³-hybridized carbons (Fsp3) is 0.167. The smallest absolute Gasteiger partial charge is 0.259 e. The lowest BCUT2D eigenvalue weighted by Gasteiger charge is -2.07. The molecule has 0 aliphatic heterocycles. The number of carbonyl (C=O) groups is 1. The molecule has 2 heterocycles. The number of furan rings is 1. The summed E-state index contributed by atoms with van der Waals surface area (Å²) >= 11 is 0. The van der Waals surface area contributed by atoms with Crippen molar-refractivity contribution in [3.05, 3.63) is 42.0 Å². The molecule has 0 spiro atoms. The SMILES string of the molecule is COc1ncccc1NC(=O)c1ccoc1C. The molecule has 1 amide bonds. The fourth-order valence-corrected chi connectivity index (χ4v) is 1.46. The van der Waals surface area contributed by atoms with Crippen molar-refractivity contribution in [2.75, 3.05) is 12.4 Å². The number of carbonyl (C=O) groups excluding carboxylic acids is 1. The van der Waals surface area contributed by atoms with Gasteiger partial charge < -0.3 is 14.5 Å². The lowest BCUT2D eigenvalue weighted by Crippen LogP contribution is -2.13. The van der Waals surface area contributed by atoms with Crippen LogP contribution < -0.4 is 10.1 Å². The molecule has 1 N–H and O–H groups in total. The normalized spacial score (nSPS) is 10.0. The second-order valence-electron chi connectivity index (χ2n) is 3.40. The van der Waals surface area contributed by atoms with E-state index in [1.54, 1.807) is 31.3 Å². The van der Waals surface area contributed by atoms with Gasteiger partial charge in [-0.15, -0.1) is 0 Å². The predicted octanol–water partition coefficient (Wildman–Crippen LogP) is 2.24. The minimum Gasteiger partial charge on any atom is -0.480 e. The molecule has 2 aromatic rings. The number of amides is 1. The Balaban J connectivity index is 2.22. The summed E-state index contributed by atoms with van der Waals surface area (Å²) in [5.41, 5.74) is 1.02. The number of nitrogens with one attached hydrogen (secondary N) is 1. The summed E-state index contributed by atoms with van der Waals surface area (Å²) in [4.78, 5) is 15.9. The number of ether oxygens (including phenoxy) is 1. The van der Waals surface area contributed by atoms with Crippen LogP contribution in [0, 0.1) is 6.92 Å². The number of anilines is 1. The molecule has 5 heteroatoms. The first-order valence-corrected chi connectivity index (χ1v) is 5.07. The van der Waals surface area contributed by atoms with Gasteiger partial charge in [0.2, 0.25) is 5.88 Å². The number of hydrogen-bond donors (Lipinski definition) is 1. The number of nitrogens with zero attached hydrogens (tertiary/aromatic N) is 1. The van der Waals surface area contributed by atoms with Gasteiger partial charge in [0.1, 0.15) is 11.4 Å². The second-order valence-corrected chi connectivity index (χ2v) is 3.40. The molecule has 5 nitrogen and oxygen atoms in total. The first-order valence-electron chi connectivity index (χ1n) is 5.07. The van der Waals surface area contributed by atoms with E-state index in [2.05, 4.69) is 10.3 Å². The number of aromatic nitrogens is 1. The zero-order valence-corrected chi connectivity index (χ0v) is 9.56. The minimum absolute atomic E-state index is 0.248. The third-order valence-corrected chi connectivity index (χ3v) is 2.32. The fourth-order valence-electron chi connectivity index (χ4n) is 1.46. The topological polar surface area (TPSA) is 64.4 Å². The summed E-state index contributed by atoms with van der Waals surface area (Å²) in [6.45, 7) is 1.73. The lowest BCUT2D eigenvalue weighted by molar-refractivity contribution is 0.102. The van der Waals surface area contributed by atoms with Crippen molar-refractivity contribution < 1.29 is 13.9 Å². The molecular formula is C12H12N2O3. The van der Waals surface area contributed by atoms with Gasteiger partial charge in [-0.3, -0.25) is 4.79 Å². The van der Waals surface area contributed by atoms with Crippen LogP contribution in [0.4, 0.5) is 5.69 Å². The molecule has 0 unspecified atom stereocenters. The van der Waals surface area contributed by atoms with E-state index in [-0.39, 0.29) is 5.91 Å². The van der Waals surface area contributed by atoms with E-state index in [0.717, 1.165) is 0 Å². The van der Waals surface area contributed by atoms with Crippen molar-refractivity contribution in [3.63, 3.8) is 0 Å². The van der Waals surface area contributed by atoms with Crippen LogP contribution in [0.2, 0.25) is 0 Å². The summed E-state index contributed by atoms with van der Waals surface area (Å²) in [5.74, 6) is 0.704. The summed E-state index contributed by atoms with van der Waals surface area (Å²) in [6.07, 6.45) is 3.07. The molecule has 0 aliphatic rings. The Labute approximate surface area is 98.4 Å². The molecule has 2 rings (SSSR count). The molecule has 0 saturated carbocycles. The van der Waals surface area contributed by atoms with Gasteiger partial charge in [0, 0.05) is 6.20 Å². The van der Waals surface area contributed by atoms with E-state index in [9.17, 15) is 4.79 Å². The van der Waals surface area contributed by atoms with Crippen molar-refractivity contribution >= 4 is 11.6 Å². The highest BCUT2D eigenvalue weighted by atomic mass is 16.5. The van der Waals surface area contributed by atoms with Crippen LogP contribution in [0.5, 0.6) is 5.88 Å². The van der Waals surface area contributed by atoms with Crippen LogP contribution in [0.3, 0.4) is 0 Å². The van der Waals surface area contributed by atoms with Crippen LogP contribution in [0.1, 0.15) is 16.1 Å². The maximum absolute atomic E-state index is 11.9.